The molecule has 4 heteroatoms. The first-order chi connectivity index (χ1) is 10.1. The maximum atomic E-state index is 12.1. The predicted octanol–water partition coefficient (Wildman–Crippen LogP) is 3.72. The largest absolute Gasteiger partial charge is 0.338 e. The third-order valence-electron chi connectivity index (χ3n) is 3.13. The van der Waals surface area contributed by atoms with Gasteiger partial charge < -0.3 is 4.90 Å². The van der Waals surface area contributed by atoms with Crippen molar-refractivity contribution in [3.63, 3.8) is 0 Å². The van der Waals surface area contributed by atoms with E-state index < -0.39 is 0 Å². The minimum atomic E-state index is -0.0597. The zero-order valence-electron chi connectivity index (χ0n) is 12.1. The monoisotopic (exact) mass is 300 g/mol. The molecule has 0 radical (unpaired) electrons. The van der Waals surface area contributed by atoms with E-state index in [4.69, 9.17) is 11.6 Å². The number of likely N-dealkylation sites (N-methyl/N-ethyl adjacent to an activating group) is 1. The number of amides is 1. The molecule has 0 atom stereocenters. The van der Waals surface area contributed by atoms with Gasteiger partial charge in [-0.05, 0) is 41.8 Å². The number of rotatable bonds is 4. The highest BCUT2D eigenvalue weighted by Crippen LogP contribution is 2.17. The minimum absolute atomic E-state index is 0.0597. The van der Waals surface area contributed by atoms with E-state index in [9.17, 15) is 4.79 Å². The van der Waals surface area contributed by atoms with E-state index >= 15 is 0 Å². The number of aromatic nitrogens is 1. The van der Waals surface area contributed by atoms with Crippen LogP contribution in [0.3, 0.4) is 0 Å². The number of benzene rings is 1. The van der Waals surface area contributed by atoms with E-state index in [0.717, 1.165) is 16.7 Å². The van der Waals surface area contributed by atoms with Crippen molar-refractivity contribution in [1.29, 1.82) is 0 Å². The fourth-order valence-corrected chi connectivity index (χ4v) is 2.04. The fraction of sp³-hybridized carbons (Fsp3) is 0.176. The zero-order chi connectivity index (χ0) is 15.2. The van der Waals surface area contributed by atoms with Gasteiger partial charge in [-0.3, -0.25) is 9.78 Å². The second kappa shape index (κ2) is 7.04. The zero-order valence-corrected chi connectivity index (χ0v) is 12.8. The number of hydrogen-bond donors (Lipinski definition) is 0. The van der Waals surface area contributed by atoms with Crippen molar-refractivity contribution >= 4 is 23.6 Å². The molecule has 108 valence electrons. The number of aryl methyl sites for hydroxylation is 1. The van der Waals surface area contributed by atoms with Gasteiger partial charge in [-0.25, -0.2) is 0 Å². The number of carbonyl (C=O) groups excluding carboxylic acids is 1. The van der Waals surface area contributed by atoms with Crippen LogP contribution in [0.1, 0.15) is 16.7 Å². The quantitative estimate of drug-likeness (QED) is 0.806. The summed E-state index contributed by atoms with van der Waals surface area (Å²) in [6.07, 6.45) is 6.80. The standard InChI is InChI=1S/C17H17ClN2O/c1-13-5-6-14(10-16(13)18)7-8-17(21)20(2)12-15-4-3-9-19-11-15/h3-11H,12H2,1-2H3/b8-7+. The summed E-state index contributed by atoms with van der Waals surface area (Å²) in [7, 11) is 1.77. The molecular formula is C17H17ClN2O. The maximum Gasteiger partial charge on any atom is 0.246 e. The Labute approximate surface area is 129 Å². The van der Waals surface area contributed by atoms with Crippen LogP contribution in [-0.4, -0.2) is 22.8 Å². The number of hydrogen-bond acceptors (Lipinski definition) is 2. The molecule has 0 fully saturated rings. The Balaban J connectivity index is 1.99. The topological polar surface area (TPSA) is 33.2 Å². The SMILES string of the molecule is Cc1ccc(/C=C/C(=O)N(C)Cc2cccnc2)cc1Cl. The molecule has 1 amide bonds. The van der Waals surface area contributed by atoms with Crippen LogP contribution in [0.2, 0.25) is 5.02 Å². The predicted molar refractivity (Wildman–Crippen MR) is 85.9 cm³/mol. The second-order valence-electron chi connectivity index (χ2n) is 4.90. The third-order valence-corrected chi connectivity index (χ3v) is 3.54. The Morgan fingerprint density at radius 3 is 2.86 bits per heavy atom. The highest BCUT2D eigenvalue weighted by Gasteiger charge is 2.05. The normalized spacial score (nSPS) is 10.8. The first kappa shape index (κ1) is 15.3. The summed E-state index contributed by atoms with van der Waals surface area (Å²) < 4.78 is 0. The van der Waals surface area contributed by atoms with Gasteiger partial charge in [0.1, 0.15) is 0 Å². The molecule has 0 N–H and O–H groups in total. The first-order valence-electron chi connectivity index (χ1n) is 6.64. The number of halogens is 1. The average Bonchev–Trinajstić information content (AvgIpc) is 2.49. The van der Waals surface area contributed by atoms with Gasteiger partial charge >= 0.3 is 0 Å². The van der Waals surface area contributed by atoms with Crippen LogP contribution in [0.25, 0.3) is 6.08 Å². The molecule has 1 aromatic heterocycles. The molecule has 1 aromatic carbocycles. The molecule has 0 aliphatic heterocycles. The lowest BCUT2D eigenvalue weighted by Gasteiger charge is -2.14. The van der Waals surface area contributed by atoms with E-state index in [-0.39, 0.29) is 5.91 Å². The first-order valence-corrected chi connectivity index (χ1v) is 7.02. The van der Waals surface area contributed by atoms with E-state index in [1.807, 2.05) is 37.3 Å². The van der Waals surface area contributed by atoms with Gasteiger partial charge in [0.25, 0.3) is 0 Å². The van der Waals surface area contributed by atoms with Crippen LogP contribution >= 0.6 is 11.6 Å². The lowest BCUT2D eigenvalue weighted by molar-refractivity contribution is -0.125. The summed E-state index contributed by atoms with van der Waals surface area (Å²) >= 11 is 6.06. The van der Waals surface area contributed by atoms with Crippen molar-refractivity contribution in [2.24, 2.45) is 0 Å². The van der Waals surface area contributed by atoms with Crippen LogP contribution in [0.5, 0.6) is 0 Å². The van der Waals surface area contributed by atoms with E-state index in [2.05, 4.69) is 4.98 Å². The highest BCUT2D eigenvalue weighted by molar-refractivity contribution is 6.31. The van der Waals surface area contributed by atoms with Crippen molar-refractivity contribution < 1.29 is 4.79 Å². The molecule has 2 aromatic rings. The molecule has 0 aliphatic rings. The molecule has 0 unspecified atom stereocenters. The van der Waals surface area contributed by atoms with Gasteiger partial charge in [0.05, 0.1) is 0 Å². The molecule has 3 nitrogen and oxygen atoms in total. The average molecular weight is 301 g/mol. The van der Waals surface area contributed by atoms with Crippen molar-refractivity contribution in [3.8, 4) is 0 Å². The number of pyridine rings is 1. The Morgan fingerprint density at radius 2 is 2.19 bits per heavy atom. The molecule has 0 aliphatic carbocycles. The van der Waals surface area contributed by atoms with E-state index in [1.54, 1.807) is 36.5 Å². The van der Waals surface area contributed by atoms with Gasteiger partial charge in [0, 0.05) is 37.1 Å². The summed E-state index contributed by atoms with van der Waals surface area (Å²) in [6.45, 7) is 2.48. The molecule has 0 spiro atoms. The van der Waals surface area contributed by atoms with Gasteiger partial charge in [0.15, 0.2) is 0 Å². The van der Waals surface area contributed by atoms with Crippen molar-refractivity contribution in [3.05, 3.63) is 70.5 Å². The van der Waals surface area contributed by atoms with Crippen LogP contribution in [0.4, 0.5) is 0 Å². The van der Waals surface area contributed by atoms with Crippen LogP contribution in [0.15, 0.2) is 48.8 Å². The van der Waals surface area contributed by atoms with E-state index in [1.165, 1.54) is 0 Å². The molecule has 0 bridgehead atoms. The van der Waals surface area contributed by atoms with Gasteiger partial charge in [-0.2, -0.15) is 0 Å². The molecule has 2 rings (SSSR count). The van der Waals surface area contributed by atoms with Crippen molar-refractivity contribution in [2.75, 3.05) is 7.05 Å². The van der Waals surface area contributed by atoms with Crippen molar-refractivity contribution in [1.82, 2.24) is 9.88 Å². The van der Waals surface area contributed by atoms with Gasteiger partial charge in [-0.1, -0.05) is 29.8 Å². The molecule has 1 heterocycles. The lowest BCUT2D eigenvalue weighted by atomic mass is 10.1. The van der Waals surface area contributed by atoms with Crippen LogP contribution in [-0.2, 0) is 11.3 Å². The maximum absolute atomic E-state index is 12.1. The Morgan fingerprint density at radius 1 is 1.38 bits per heavy atom. The second-order valence-corrected chi connectivity index (χ2v) is 5.30. The number of carbonyl (C=O) groups is 1. The Hall–Kier alpha value is -2.13. The van der Waals surface area contributed by atoms with E-state index in [0.29, 0.717) is 11.6 Å². The number of nitrogens with zero attached hydrogens (tertiary/aromatic N) is 2. The Bertz CT molecular complexity index is 653. The fourth-order valence-electron chi connectivity index (χ4n) is 1.85. The molecule has 0 saturated heterocycles. The minimum Gasteiger partial charge on any atom is -0.338 e. The summed E-state index contributed by atoms with van der Waals surface area (Å²) in [5, 5.41) is 0.702. The molecule has 21 heavy (non-hydrogen) atoms. The summed E-state index contributed by atoms with van der Waals surface area (Å²) in [6, 6.07) is 9.53. The summed E-state index contributed by atoms with van der Waals surface area (Å²) in [4.78, 5) is 17.7. The molecular weight excluding hydrogens is 284 g/mol. The van der Waals surface area contributed by atoms with Crippen molar-refractivity contribution in [2.45, 2.75) is 13.5 Å². The lowest BCUT2D eigenvalue weighted by Crippen LogP contribution is -2.24. The Kier molecular flexibility index (Phi) is 5.12. The van der Waals surface area contributed by atoms with Gasteiger partial charge in [-0.15, -0.1) is 0 Å². The van der Waals surface area contributed by atoms with Gasteiger partial charge in [0.2, 0.25) is 5.91 Å². The smallest absolute Gasteiger partial charge is 0.246 e. The van der Waals surface area contributed by atoms with Crippen LogP contribution in [0, 0.1) is 6.92 Å². The highest BCUT2D eigenvalue weighted by atomic mass is 35.5. The van der Waals surface area contributed by atoms with Crippen LogP contribution < -0.4 is 0 Å². The summed E-state index contributed by atoms with van der Waals surface area (Å²) in [5.41, 5.74) is 2.93. The molecule has 0 saturated carbocycles. The third kappa shape index (κ3) is 4.43. The summed E-state index contributed by atoms with van der Waals surface area (Å²) in [5.74, 6) is -0.0597.